The summed E-state index contributed by atoms with van der Waals surface area (Å²) in [7, 11) is 0. The zero-order valence-corrected chi connectivity index (χ0v) is 14.6. The van der Waals surface area contributed by atoms with Crippen LogP contribution in [0.25, 0.3) is 33.4 Å². The maximum Gasteiger partial charge on any atom is 0.166 e. The van der Waals surface area contributed by atoms with Gasteiger partial charge >= 0.3 is 0 Å². The molecule has 2 aromatic carbocycles. The number of anilines is 1. The Hall–Kier alpha value is -3.33. The number of nitrogens with zero attached hydrogens (tertiary/aromatic N) is 2. The molecule has 0 unspecified atom stereocenters. The maximum atomic E-state index is 5.57. The monoisotopic (exact) mass is 340 g/mol. The van der Waals surface area contributed by atoms with Crippen LogP contribution in [0.3, 0.4) is 0 Å². The van der Waals surface area contributed by atoms with Crippen molar-refractivity contribution in [3.63, 3.8) is 0 Å². The number of fused-ring (bicyclic) bond motifs is 3. The third kappa shape index (κ3) is 2.88. The molecule has 1 aliphatic carbocycles. The fourth-order valence-electron chi connectivity index (χ4n) is 3.28. The minimum Gasteiger partial charge on any atom is -0.364 e. The summed E-state index contributed by atoms with van der Waals surface area (Å²) in [5, 5.41) is 5.31. The van der Waals surface area contributed by atoms with Gasteiger partial charge in [-0.25, -0.2) is 0 Å². The topological polar surface area (TPSA) is 29.3 Å². The Kier molecular flexibility index (Phi) is 4.28. The summed E-state index contributed by atoms with van der Waals surface area (Å²) in [5.41, 5.74) is 5.40. The van der Waals surface area contributed by atoms with E-state index in [4.69, 9.17) is 4.52 Å². The van der Waals surface area contributed by atoms with Gasteiger partial charge in [-0.15, -0.1) is 13.2 Å². The summed E-state index contributed by atoms with van der Waals surface area (Å²) in [6, 6.07) is 20.8. The molecule has 3 nitrogen and oxygen atoms in total. The molecule has 0 N–H and O–H groups in total. The normalized spacial score (nSPS) is 10.9. The zero-order chi connectivity index (χ0) is 17.9. The lowest BCUT2D eigenvalue weighted by atomic mass is 10.1. The summed E-state index contributed by atoms with van der Waals surface area (Å²) in [5.74, 6) is 0.808. The number of hydrogen-bond acceptors (Lipinski definition) is 3. The van der Waals surface area contributed by atoms with Crippen molar-refractivity contribution < 1.29 is 4.52 Å². The molecule has 1 aliphatic heterocycles. The van der Waals surface area contributed by atoms with Gasteiger partial charge < -0.3 is 9.42 Å². The van der Waals surface area contributed by atoms with Crippen LogP contribution in [0.1, 0.15) is 0 Å². The molecule has 0 aromatic heterocycles. The van der Waals surface area contributed by atoms with Crippen molar-refractivity contribution in [3.05, 3.63) is 86.0 Å². The largest absolute Gasteiger partial charge is 0.364 e. The Morgan fingerprint density at radius 1 is 0.885 bits per heavy atom. The highest BCUT2D eigenvalue weighted by Crippen LogP contribution is 2.36. The second-order valence-electron chi connectivity index (χ2n) is 6.25. The lowest BCUT2D eigenvalue weighted by Gasteiger charge is -2.21. The van der Waals surface area contributed by atoms with Crippen molar-refractivity contribution >= 4 is 16.6 Å². The minimum atomic E-state index is 0.794. The van der Waals surface area contributed by atoms with Crippen LogP contribution in [0, 0.1) is 0 Å². The molecule has 0 bridgehead atoms. The van der Waals surface area contributed by atoms with Crippen LogP contribution < -0.4 is 4.90 Å². The molecule has 1 heterocycles. The third-order valence-electron chi connectivity index (χ3n) is 4.55. The van der Waals surface area contributed by atoms with Gasteiger partial charge in [0.15, 0.2) is 5.76 Å². The molecular weight excluding hydrogens is 320 g/mol. The average molecular weight is 340 g/mol. The van der Waals surface area contributed by atoms with E-state index in [1.54, 1.807) is 0 Å². The van der Waals surface area contributed by atoms with Gasteiger partial charge in [0.1, 0.15) is 5.52 Å². The standard InChI is InChI=1S/C23H20N2O/c1-3-13-25(14-4-2)19-11-9-17(10-12-19)18-15-21-20-7-5-6-8-22(20)24-26-23(21)16-18/h3-12,15-16H,1-2,13-14H2. The molecule has 128 valence electrons. The highest BCUT2D eigenvalue weighted by molar-refractivity contribution is 5.96. The maximum absolute atomic E-state index is 5.57. The van der Waals surface area contributed by atoms with Crippen molar-refractivity contribution in [2.75, 3.05) is 18.0 Å². The van der Waals surface area contributed by atoms with E-state index in [1.165, 1.54) is 0 Å². The van der Waals surface area contributed by atoms with E-state index in [0.29, 0.717) is 0 Å². The Bertz CT molecular complexity index is 1020. The number of hydrogen-bond donors (Lipinski definition) is 0. The van der Waals surface area contributed by atoms with E-state index >= 15 is 0 Å². The fourth-order valence-corrected chi connectivity index (χ4v) is 3.28. The van der Waals surface area contributed by atoms with E-state index in [2.05, 4.69) is 65.7 Å². The fraction of sp³-hybridized carbons (Fsp3) is 0.0870. The van der Waals surface area contributed by atoms with Gasteiger partial charge in [0.05, 0.1) is 0 Å². The minimum absolute atomic E-state index is 0.794. The predicted octanol–water partition coefficient (Wildman–Crippen LogP) is 5.78. The Labute approximate surface area is 153 Å². The first kappa shape index (κ1) is 16.2. The Morgan fingerprint density at radius 3 is 2.35 bits per heavy atom. The molecular formula is C23H20N2O. The van der Waals surface area contributed by atoms with Crippen LogP contribution in [0.2, 0.25) is 0 Å². The van der Waals surface area contributed by atoms with Crippen molar-refractivity contribution in [2.24, 2.45) is 0 Å². The van der Waals surface area contributed by atoms with E-state index in [-0.39, 0.29) is 0 Å². The molecule has 0 radical (unpaired) electrons. The molecule has 0 atom stereocenters. The number of aromatic nitrogens is 1. The molecule has 2 aromatic rings. The second-order valence-corrected chi connectivity index (χ2v) is 6.25. The molecule has 0 saturated carbocycles. The average Bonchev–Trinajstić information content (AvgIpc) is 3.13. The highest BCUT2D eigenvalue weighted by Gasteiger charge is 2.15. The highest BCUT2D eigenvalue weighted by atomic mass is 16.5. The molecule has 2 aliphatic rings. The van der Waals surface area contributed by atoms with E-state index in [0.717, 1.165) is 52.1 Å². The summed E-state index contributed by atoms with van der Waals surface area (Å²) in [6.45, 7) is 9.25. The number of benzene rings is 2. The van der Waals surface area contributed by atoms with Crippen molar-refractivity contribution in [2.45, 2.75) is 0 Å². The van der Waals surface area contributed by atoms with Crippen LogP contribution in [-0.4, -0.2) is 18.2 Å². The van der Waals surface area contributed by atoms with Gasteiger partial charge in [-0.2, -0.15) is 0 Å². The van der Waals surface area contributed by atoms with Crippen molar-refractivity contribution in [3.8, 4) is 22.5 Å². The van der Waals surface area contributed by atoms with Crippen LogP contribution in [0.4, 0.5) is 5.69 Å². The molecule has 3 heteroatoms. The van der Waals surface area contributed by atoms with Crippen molar-refractivity contribution in [1.29, 1.82) is 0 Å². The van der Waals surface area contributed by atoms with Gasteiger partial charge in [0.2, 0.25) is 0 Å². The SMILES string of the molecule is C=CCN(CC=C)c1ccc(-c2cc3onc4ccccc4c-3c2)cc1. The summed E-state index contributed by atoms with van der Waals surface area (Å²) in [4.78, 5) is 2.22. The Morgan fingerprint density at radius 2 is 1.62 bits per heavy atom. The van der Waals surface area contributed by atoms with E-state index < -0.39 is 0 Å². The first-order valence-corrected chi connectivity index (χ1v) is 8.65. The van der Waals surface area contributed by atoms with Crippen molar-refractivity contribution in [1.82, 2.24) is 5.16 Å². The van der Waals surface area contributed by atoms with Crippen LogP contribution in [0.15, 0.2) is 90.5 Å². The third-order valence-corrected chi connectivity index (χ3v) is 4.55. The lowest BCUT2D eigenvalue weighted by Crippen LogP contribution is -2.22. The lowest BCUT2D eigenvalue weighted by molar-refractivity contribution is 0.427. The molecule has 0 spiro atoms. The van der Waals surface area contributed by atoms with Gasteiger partial charge in [-0.1, -0.05) is 47.6 Å². The van der Waals surface area contributed by atoms with Crippen LogP contribution in [-0.2, 0) is 0 Å². The molecule has 26 heavy (non-hydrogen) atoms. The Balaban J connectivity index is 1.71. The smallest absolute Gasteiger partial charge is 0.166 e. The molecule has 0 saturated heterocycles. The van der Waals surface area contributed by atoms with Gasteiger partial charge in [-0.05, 0) is 41.5 Å². The van der Waals surface area contributed by atoms with Gasteiger partial charge in [0.25, 0.3) is 0 Å². The summed E-state index contributed by atoms with van der Waals surface area (Å²) in [6.07, 6.45) is 3.81. The predicted molar refractivity (Wildman–Crippen MR) is 109 cm³/mol. The van der Waals surface area contributed by atoms with Crippen LogP contribution >= 0.6 is 0 Å². The van der Waals surface area contributed by atoms with Crippen LogP contribution in [0.5, 0.6) is 0 Å². The molecule has 4 rings (SSSR count). The van der Waals surface area contributed by atoms with E-state index in [1.807, 2.05) is 30.4 Å². The first-order valence-electron chi connectivity index (χ1n) is 8.65. The number of rotatable bonds is 6. The molecule has 0 amide bonds. The molecule has 0 fully saturated rings. The summed E-state index contributed by atoms with van der Waals surface area (Å²) < 4.78 is 5.57. The quantitative estimate of drug-likeness (QED) is 0.417. The summed E-state index contributed by atoms with van der Waals surface area (Å²) >= 11 is 0. The first-order chi connectivity index (χ1) is 12.8. The second kappa shape index (κ2) is 6.89. The zero-order valence-electron chi connectivity index (χ0n) is 14.6. The van der Waals surface area contributed by atoms with Gasteiger partial charge in [-0.3, -0.25) is 0 Å². The van der Waals surface area contributed by atoms with E-state index in [9.17, 15) is 0 Å². The van der Waals surface area contributed by atoms with Gasteiger partial charge in [0, 0.05) is 29.7 Å².